The lowest BCUT2D eigenvalue weighted by Crippen LogP contribution is -2.18. The highest BCUT2D eigenvalue weighted by Gasteiger charge is 2.13. The van der Waals surface area contributed by atoms with E-state index >= 15 is 0 Å². The molecule has 0 atom stereocenters. The number of benzene rings is 1. The van der Waals surface area contributed by atoms with Crippen molar-refractivity contribution in [3.63, 3.8) is 0 Å². The maximum absolute atomic E-state index is 12.2. The van der Waals surface area contributed by atoms with E-state index in [0.717, 1.165) is 10.9 Å². The van der Waals surface area contributed by atoms with Crippen LogP contribution in [0.25, 0.3) is 10.8 Å². The number of nitrogens with zero attached hydrogens (tertiary/aromatic N) is 1. The number of pyridine rings is 1. The summed E-state index contributed by atoms with van der Waals surface area (Å²) in [7, 11) is 1.74. The van der Waals surface area contributed by atoms with Gasteiger partial charge in [-0.25, -0.2) is 4.79 Å². The van der Waals surface area contributed by atoms with Crippen LogP contribution in [0.3, 0.4) is 0 Å². The molecule has 0 saturated heterocycles. The van der Waals surface area contributed by atoms with Gasteiger partial charge in [0.1, 0.15) is 0 Å². The van der Waals surface area contributed by atoms with E-state index in [0.29, 0.717) is 17.6 Å². The van der Waals surface area contributed by atoms with Crippen LogP contribution in [-0.2, 0) is 11.8 Å². The fourth-order valence-corrected chi connectivity index (χ4v) is 2.30. The summed E-state index contributed by atoms with van der Waals surface area (Å²) in [6.45, 7) is 6.24. The Labute approximate surface area is 118 Å². The first kappa shape index (κ1) is 14.3. The first-order valence-electron chi connectivity index (χ1n) is 6.76. The van der Waals surface area contributed by atoms with Crippen LogP contribution in [0.1, 0.15) is 42.6 Å². The molecule has 0 saturated carbocycles. The summed E-state index contributed by atoms with van der Waals surface area (Å²) in [5.41, 5.74) is 1.47. The van der Waals surface area contributed by atoms with Crippen molar-refractivity contribution in [1.29, 1.82) is 0 Å². The molecule has 0 bridgehead atoms. The molecule has 1 heterocycles. The van der Waals surface area contributed by atoms with Crippen LogP contribution in [-0.4, -0.2) is 17.1 Å². The largest absolute Gasteiger partial charge is 0.462 e. The molecule has 1 aromatic carbocycles. The molecule has 0 fully saturated rings. The van der Waals surface area contributed by atoms with Crippen molar-refractivity contribution < 1.29 is 9.53 Å². The molecule has 0 unspecified atom stereocenters. The minimum Gasteiger partial charge on any atom is -0.462 e. The summed E-state index contributed by atoms with van der Waals surface area (Å²) < 4.78 is 6.59. The number of hydrogen-bond acceptors (Lipinski definition) is 3. The predicted octanol–water partition coefficient (Wildman–Crippen LogP) is 2.84. The summed E-state index contributed by atoms with van der Waals surface area (Å²) in [5, 5.41) is 1.46. The Morgan fingerprint density at radius 3 is 2.60 bits per heavy atom. The molecule has 0 spiro atoms. The van der Waals surface area contributed by atoms with Crippen molar-refractivity contribution in [2.24, 2.45) is 7.05 Å². The van der Waals surface area contributed by atoms with Crippen LogP contribution in [0.5, 0.6) is 0 Å². The molecule has 1 aromatic heterocycles. The minimum atomic E-state index is -0.357. The van der Waals surface area contributed by atoms with Crippen molar-refractivity contribution >= 4 is 16.7 Å². The van der Waals surface area contributed by atoms with Gasteiger partial charge in [-0.15, -0.1) is 0 Å². The number of esters is 1. The van der Waals surface area contributed by atoms with Crippen LogP contribution in [0.2, 0.25) is 0 Å². The van der Waals surface area contributed by atoms with Crippen molar-refractivity contribution in [3.8, 4) is 0 Å². The maximum atomic E-state index is 12.2. The average Bonchev–Trinajstić information content (AvgIpc) is 2.42. The molecule has 4 nitrogen and oxygen atoms in total. The highest BCUT2D eigenvalue weighted by Crippen LogP contribution is 2.24. The first-order chi connectivity index (χ1) is 9.45. The van der Waals surface area contributed by atoms with E-state index in [1.807, 2.05) is 6.20 Å². The smallest absolute Gasteiger partial charge is 0.338 e. The molecular weight excluding hydrogens is 254 g/mol. The van der Waals surface area contributed by atoms with E-state index < -0.39 is 0 Å². The molecule has 2 rings (SSSR count). The number of carbonyl (C=O) groups excluding carboxylic acids is 1. The summed E-state index contributed by atoms with van der Waals surface area (Å²) in [4.78, 5) is 24.0. The van der Waals surface area contributed by atoms with Gasteiger partial charge in [0.2, 0.25) is 0 Å². The summed E-state index contributed by atoms with van der Waals surface area (Å²) >= 11 is 0. The van der Waals surface area contributed by atoms with Crippen molar-refractivity contribution in [3.05, 3.63) is 45.9 Å². The molecule has 0 amide bonds. The van der Waals surface area contributed by atoms with Gasteiger partial charge in [0, 0.05) is 18.6 Å². The third-order valence-corrected chi connectivity index (χ3v) is 3.35. The number of carbonyl (C=O) groups is 1. The Balaban J connectivity index is 2.72. The molecule has 0 aliphatic rings. The molecule has 0 radical (unpaired) electrons. The third-order valence-electron chi connectivity index (χ3n) is 3.35. The third kappa shape index (κ3) is 2.46. The molecule has 106 valence electrons. The van der Waals surface area contributed by atoms with E-state index in [1.54, 1.807) is 36.7 Å². The van der Waals surface area contributed by atoms with Gasteiger partial charge in [-0.3, -0.25) is 4.79 Å². The van der Waals surface area contributed by atoms with E-state index in [9.17, 15) is 9.59 Å². The zero-order chi connectivity index (χ0) is 14.9. The molecule has 0 aliphatic carbocycles. The zero-order valence-corrected chi connectivity index (χ0v) is 12.3. The van der Waals surface area contributed by atoms with E-state index in [1.165, 1.54) is 0 Å². The van der Waals surface area contributed by atoms with Gasteiger partial charge in [0.05, 0.1) is 12.2 Å². The lowest BCUT2D eigenvalue weighted by molar-refractivity contribution is 0.0526. The van der Waals surface area contributed by atoms with E-state index in [4.69, 9.17) is 4.74 Å². The van der Waals surface area contributed by atoms with Crippen LogP contribution in [0.15, 0.2) is 29.2 Å². The number of ether oxygens (including phenoxy) is 1. The SMILES string of the molecule is CCOC(=O)c1ccc2c(=O)n(C)cc(C(C)C)c2c1. The van der Waals surface area contributed by atoms with Crippen LogP contribution in [0, 0.1) is 0 Å². The van der Waals surface area contributed by atoms with E-state index in [2.05, 4.69) is 13.8 Å². The molecular formula is C16H19NO3. The Morgan fingerprint density at radius 2 is 2.00 bits per heavy atom. The second-order valence-corrected chi connectivity index (χ2v) is 5.14. The van der Waals surface area contributed by atoms with Crippen molar-refractivity contribution in [2.75, 3.05) is 6.61 Å². The Bertz CT molecular complexity index is 713. The van der Waals surface area contributed by atoms with Gasteiger partial charge in [-0.05, 0) is 42.0 Å². The number of hydrogen-bond donors (Lipinski definition) is 0. The molecule has 0 aliphatic heterocycles. The topological polar surface area (TPSA) is 48.3 Å². The summed E-state index contributed by atoms with van der Waals surface area (Å²) in [6.07, 6.45) is 1.84. The Morgan fingerprint density at radius 1 is 1.30 bits per heavy atom. The summed E-state index contributed by atoms with van der Waals surface area (Å²) in [6, 6.07) is 5.10. The zero-order valence-electron chi connectivity index (χ0n) is 12.3. The quantitative estimate of drug-likeness (QED) is 0.808. The number of aryl methyl sites for hydroxylation is 1. The predicted molar refractivity (Wildman–Crippen MR) is 79.2 cm³/mol. The molecule has 0 N–H and O–H groups in total. The summed E-state index contributed by atoms with van der Waals surface area (Å²) in [5.74, 6) is -0.0912. The molecule has 20 heavy (non-hydrogen) atoms. The van der Waals surface area contributed by atoms with Crippen LogP contribution < -0.4 is 5.56 Å². The second-order valence-electron chi connectivity index (χ2n) is 5.14. The number of aromatic nitrogens is 1. The molecule has 4 heteroatoms. The first-order valence-corrected chi connectivity index (χ1v) is 6.76. The standard InChI is InChI=1S/C16H19NO3/c1-5-20-16(19)11-6-7-12-13(8-11)14(10(2)3)9-17(4)15(12)18/h6-10H,5H2,1-4H3. The Kier molecular flexibility index (Phi) is 3.93. The monoisotopic (exact) mass is 273 g/mol. The number of rotatable bonds is 3. The average molecular weight is 273 g/mol. The van der Waals surface area contributed by atoms with Crippen LogP contribution >= 0.6 is 0 Å². The van der Waals surface area contributed by atoms with Crippen LogP contribution in [0.4, 0.5) is 0 Å². The molecule has 2 aromatic rings. The van der Waals surface area contributed by atoms with Crippen molar-refractivity contribution in [2.45, 2.75) is 26.7 Å². The van der Waals surface area contributed by atoms with E-state index in [-0.39, 0.29) is 17.4 Å². The van der Waals surface area contributed by atoms with Gasteiger partial charge in [-0.1, -0.05) is 13.8 Å². The Hall–Kier alpha value is -2.10. The van der Waals surface area contributed by atoms with Gasteiger partial charge >= 0.3 is 5.97 Å². The lowest BCUT2D eigenvalue weighted by atomic mass is 9.97. The highest BCUT2D eigenvalue weighted by molar-refractivity contribution is 5.96. The fraction of sp³-hybridized carbons (Fsp3) is 0.375. The van der Waals surface area contributed by atoms with Gasteiger partial charge in [0.25, 0.3) is 5.56 Å². The minimum absolute atomic E-state index is 0.0557. The fourth-order valence-electron chi connectivity index (χ4n) is 2.30. The van der Waals surface area contributed by atoms with Gasteiger partial charge < -0.3 is 9.30 Å². The normalized spacial score (nSPS) is 11.1. The van der Waals surface area contributed by atoms with Gasteiger partial charge in [-0.2, -0.15) is 0 Å². The lowest BCUT2D eigenvalue weighted by Gasteiger charge is -2.13. The van der Waals surface area contributed by atoms with Crippen molar-refractivity contribution in [1.82, 2.24) is 4.57 Å². The maximum Gasteiger partial charge on any atom is 0.338 e. The highest BCUT2D eigenvalue weighted by atomic mass is 16.5. The van der Waals surface area contributed by atoms with Gasteiger partial charge in [0.15, 0.2) is 0 Å². The second kappa shape index (κ2) is 5.49. The number of fused-ring (bicyclic) bond motifs is 1.